The molecule has 0 saturated heterocycles. The average Bonchev–Trinajstić information content (AvgIpc) is 2.84. The van der Waals surface area contributed by atoms with E-state index in [-0.39, 0.29) is 29.5 Å². The molecule has 6 nitrogen and oxygen atoms in total. The number of nitrogens with zero attached hydrogens (tertiary/aromatic N) is 1. The van der Waals surface area contributed by atoms with Crippen molar-refractivity contribution < 1.29 is 14.0 Å². The third kappa shape index (κ3) is 4.82. The number of aromatic nitrogens is 1. The number of fused-ring (bicyclic) bond motifs is 1. The number of hydrogen-bond donors (Lipinski definition) is 3. The van der Waals surface area contributed by atoms with E-state index < -0.39 is 0 Å². The van der Waals surface area contributed by atoms with Gasteiger partial charge >= 0.3 is 0 Å². The number of amides is 2. The van der Waals surface area contributed by atoms with Gasteiger partial charge in [0.15, 0.2) is 0 Å². The van der Waals surface area contributed by atoms with Crippen LogP contribution in [0.15, 0.2) is 48.7 Å². The van der Waals surface area contributed by atoms with E-state index in [4.69, 9.17) is 5.73 Å². The highest BCUT2D eigenvalue weighted by Crippen LogP contribution is 2.41. The molecule has 0 radical (unpaired) electrons. The quantitative estimate of drug-likeness (QED) is 0.486. The first-order valence-electron chi connectivity index (χ1n) is 11.3. The molecular formula is C26H29FN4O2. The van der Waals surface area contributed by atoms with Crippen molar-refractivity contribution in [3.63, 3.8) is 0 Å². The predicted molar refractivity (Wildman–Crippen MR) is 128 cm³/mol. The highest BCUT2D eigenvalue weighted by Gasteiger charge is 2.30. The second-order valence-corrected chi connectivity index (χ2v) is 8.83. The molecular weight excluding hydrogens is 419 g/mol. The lowest BCUT2D eigenvalue weighted by atomic mass is 9.73. The zero-order valence-corrected chi connectivity index (χ0v) is 18.9. The lowest BCUT2D eigenvalue weighted by Gasteiger charge is -2.32. The maximum atomic E-state index is 13.8. The minimum atomic E-state index is -0.252. The van der Waals surface area contributed by atoms with Crippen molar-refractivity contribution in [3.8, 4) is 0 Å². The van der Waals surface area contributed by atoms with Crippen LogP contribution in [0.3, 0.4) is 0 Å². The number of halogens is 1. The summed E-state index contributed by atoms with van der Waals surface area (Å²) in [5.41, 5.74) is 9.32. The van der Waals surface area contributed by atoms with Crippen LogP contribution < -0.4 is 16.4 Å². The Labute approximate surface area is 192 Å². The van der Waals surface area contributed by atoms with Gasteiger partial charge in [-0.05, 0) is 85.5 Å². The van der Waals surface area contributed by atoms with Gasteiger partial charge in [-0.2, -0.15) is 0 Å². The summed E-state index contributed by atoms with van der Waals surface area (Å²) in [7, 11) is 1.56. The minimum absolute atomic E-state index is 0.0747. The number of nitrogen functional groups attached to an aromatic ring is 1. The van der Waals surface area contributed by atoms with E-state index in [1.54, 1.807) is 43.6 Å². The van der Waals surface area contributed by atoms with Crippen molar-refractivity contribution in [1.82, 2.24) is 10.3 Å². The number of rotatable bonds is 5. The normalized spacial score (nSPS) is 19.1. The Morgan fingerprint density at radius 3 is 2.55 bits per heavy atom. The Balaban J connectivity index is 1.40. The van der Waals surface area contributed by atoms with E-state index in [2.05, 4.69) is 15.6 Å². The van der Waals surface area contributed by atoms with Gasteiger partial charge in [0.1, 0.15) is 5.82 Å². The molecule has 2 amide bonds. The Bertz CT molecular complexity index is 1190. The van der Waals surface area contributed by atoms with Crippen molar-refractivity contribution in [3.05, 3.63) is 65.6 Å². The summed E-state index contributed by atoms with van der Waals surface area (Å²) in [5, 5.41) is 6.35. The molecule has 7 heteroatoms. The summed E-state index contributed by atoms with van der Waals surface area (Å²) in [6.07, 6.45) is 5.52. The maximum absolute atomic E-state index is 13.8. The standard InChI is InChI=1S/C26H29FN4O2/c1-15(25(32)31-24-9-7-18(13-22(24)28)26(33)29-2)16-3-5-17(6-4-16)20-11-12-30-23-10-8-19(27)14-21(20)23/h7-17H,3-6,28H2,1-2H3,(H,29,33)(H,31,32)/t15?,16-,17+. The van der Waals surface area contributed by atoms with Crippen molar-refractivity contribution >= 4 is 34.1 Å². The number of carbonyl (C=O) groups excluding carboxylic acids is 2. The van der Waals surface area contributed by atoms with Gasteiger partial charge in [-0.15, -0.1) is 0 Å². The number of pyridine rings is 1. The molecule has 1 fully saturated rings. The highest BCUT2D eigenvalue weighted by molar-refractivity contribution is 5.99. The largest absolute Gasteiger partial charge is 0.397 e. The van der Waals surface area contributed by atoms with E-state index >= 15 is 0 Å². The molecule has 0 spiro atoms. The smallest absolute Gasteiger partial charge is 0.251 e. The molecule has 1 heterocycles. The van der Waals surface area contributed by atoms with Crippen LogP contribution in [0.4, 0.5) is 15.8 Å². The summed E-state index contributed by atoms with van der Waals surface area (Å²) in [6, 6.07) is 11.6. The van der Waals surface area contributed by atoms with Crippen LogP contribution in [0, 0.1) is 17.7 Å². The zero-order valence-electron chi connectivity index (χ0n) is 18.9. The Morgan fingerprint density at radius 1 is 1.09 bits per heavy atom. The molecule has 33 heavy (non-hydrogen) atoms. The van der Waals surface area contributed by atoms with Crippen LogP contribution in [0.25, 0.3) is 10.9 Å². The maximum Gasteiger partial charge on any atom is 0.251 e. The monoisotopic (exact) mass is 448 g/mol. The molecule has 1 aliphatic rings. The second-order valence-electron chi connectivity index (χ2n) is 8.83. The van der Waals surface area contributed by atoms with E-state index in [1.165, 1.54) is 6.07 Å². The minimum Gasteiger partial charge on any atom is -0.397 e. The van der Waals surface area contributed by atoms with Crippen molar-refractivity contribution in [2.75, 3.05) is 18.1 Å². The van der Waals surface area contributed by atoms with Gasteiger partial charge in [0, 0.05) is 30.1 Å². The summed E-state index contributed by atoms with van der Waals surface area (Å²) in [6.45, 7) is 1.95. The summed E-state index contributed by atoms with van der Waals surface area (Å²) >= 11 is 0. The van der Waals surface area contributed by atoms with Gasteiger partial charge in [0.25, 0.3) is 5.91 Å². The van der Waals surface area contributed by atoms with Gasteiger partial charge in [-0.25, -0.2) is 4.39 Å². The molecule has 0 aliphatic heterocycles. The second kappa shape index (κ2) is 9.57. The van der Waals surface area contributed by atoms with Crippen molar-refractivity contribution in [2.45, 2.75) is 38.5 Å². The first-order chi connectivity index (χ1) is 15.9. The molecule has 172 valence electrons. The fourth-order valence-corrected chi connectivity index (χ4v) is 4.85. The number of anilines is 2. The number of carbonyl (C=O) groups is 2. The Kier molecular flexibility index (Phi) is 6.58. The molecule has 1 unspecified atom stereocenters. The van der Waals surface area contributed by atoms with Crippen molar-refractivity contribution in [1.29, 1.82) is 0 Å². The summed E-state index contributed by atoms with van der Waals surface area (Å²) < 4.78 is 13.8. The molecule has 1 atom stereocenters. The van der Waals surface area contributed by atoms with Gasteiger partial charge < -0.3 is 16.4 Å². The molecule has 1 aliphatic carbocycles. The predicted octanol–water partition coefficient (Wildman–Crippen LogP) is 4.86. The Hall–Kier alpha value is -3.48. The van der Waals surface area contributed by atoms with E-state index in [0.717, 1.165) is 42.1 Å². The number of nitrogens with two attached hydrogens (primary N) is 1. The van der Waals surface area contributed by atoms with Gasteiger partial charge in [0.2, 0.25) is 5.91 Å². The fourth-order valence-electron chi connectivity index (χ4n) is 4.85. The molecule has 1 aromatic heterocycles. The average molecular weight is 449 g/mol. The number of hydrogen-bond acceptors (Lipinski definition) is 4. The molecule has 3 aromatic rings. The van der Waals surface area contributed by atoms with Gasteiger partial charge in [0.05, 0.1) is 16.9 Å². The van der Waals surface area contributed by atoms with Gasteiger partial charge in [-0.3, -0.25) is 14.6 Å². The van der Waals surface area contributed by atoms with Crippen LogP contribution in [0.2, 0.25) is 0 Å². The zero-order chi connectivity index (χ0) is 23.5. The molecule has 1 saturated carbocycles. The molecule has 2 aromatic carbocycles. The molecule has 0 bridgehead atoms. The summed E-state index contributed by atoms with van der Waals surface area (Å²) in [5.74, 6) is -0.133. The third-order valence-electron chi connectivity index (χ3n) is 6.87. The summed E-state index contributed by atoms with van der Waals surface area (Å²) in [4.78, 5) is 29.0. The lowest BCUT2D eigenvalue weighted by Crippen LogP contribution is -2.30. The molecule has 4 N–H and O–H groups in total. The van der Waals surface area contributed by atoms with E-state index in [9.17, 15) is 14.0 Å². The number of benzene rings is 2. The highest BCUT2D eigenvalue weighted by atomic mass is 19.1. The first kappa shape index (κ1) is 22.7. The van der Waals surface area contributed by atoms with Crippen LogP contribution in [0.5, 0.6) is 0 Å². The van der Waals surface area contributed by atoms with Crippen LogP contribution in [-0.2, 0) is 4.79 Å². The molecule has 4 rings (SSSR count). The van der Waals surface area contributed by atoms with E-state index in [1.807, 2.05) is 13.0 Å². The van der Waals surface area contributed by atoms with Crippen LogP contribution >= 0.6 is 0 Å². The SMILES string of the molecule is CNC(=O)c1ccc(NC(=O)C(C)[C@H]2CC[C@@H](c3ccnc4ccc(F)cc43)CC2)c(N)c1. The van der Waals surface area contributed by atoms with Crippen molar-refractivity contribution in [2.24, 2.45) is 11.8 Å². The number of nitrogens with one attached hydrogen (secondary N) is 2. The third-order valence-corrected chi connectivity index (χ3v) is 6.87. The van der Waals surface area contributed by atoms with E-state index in [0.29, 0.717) is 22.9 Å². The lowest BCUT2D eigenvalue weighted by molar-refractivity contribution is -0.121. The first-order valence-corrected chi connectivity index (χ1v) is 11.3. The Morgan fingerprint density at radius 2 is 1.85 bits per heavy atom. The van der Waals surface area contributed by atoms with Gasteiger partial charge in [-0.1, -0.05) is 6.92 Å². The fraction of sp³-hybridized carbons (Fsp3) is 0.346. The van der Waals surface area contributed by atoms with Crippen LogP contribution in [0.1, 0.15) is 54.4 Å². The topological polar surface area (TPSA) is 97.1 Å². The van der Waals surface area contributed by atoms with Crippen LogP contribution in [-0.4, -0.2) is 23.8 Å².